The van der Waals surface area contributed by atoms with Gasteiger partial charge in [0, 0.05) is 18.7 Å². The zero-order valence-corrected chi connectivity index (χ0v) is 15.8. The molecular formula is C18H22F6N2O2. The van der Waals surface area contributed by atoms with Crippen molar-refractivity contribution in [2.24, 2.45) is 10.4 Å². The van der Waals surface area contributed by atoms with Gasteiger partial charge in [-0.2, -0.15) is 26.3 Å². The van der Waals surface area contributed by atoms with Crippen molar-refractivity contribution in [3.8, 4) is 0 Å². The molecule has 0 N–H and O–H groups in total. The largest absolute Gasteiger partial charge is 0.427 e. The Labute approximate surface area is 158 Å². The van der Waals surface area contributed by atoms with E-state index in [2.05, 4.69) is 4.99 Å². The quantitative estimate of drug-likeness (QED) is 0.631. The van der Waals surface area contributed by atoms with Crippen LogP contribution in [-0.4, -0.2) is 53.7 Å². The Morgan fingerprint density at radius 1 is 1.14 bits per heavy atom. The zero-order chi connectivity index (χ0) is 21.1. The minimum atomic E-state index is -5.79. The summed E-state index contributed by atoms with van der Waals surface area (Å²) in [4.78, 5) is 17.1. The molecule has 0 bridgehead atoms. The van der Waals surface area contributed by atoms with E-state index in [0.29, 0.717) is 13.0 Å². The Kier molecular flexibility index (Phi) is 4.88. The lowest BCUT2D eigenvalue weighted by Gasteiger charge is -2.48. The number of hydrogen-bond donors (Lipinski definition) is 0. The van der Waals surface area contributed by atoms with Crippen LogP contribution in [0.3, 0.4) is 0 Å². The molecule has 4 nitrogen and oxygen atoms in total. The molecule has 3 aliphatic rings. The maximum Gasteiger partial charge on any atom is 0.427 e. The van der Waals surface area contributed by atoms with E-state index in [1.807, 2.05) is 0 Å². The number of ether oxygens (including phenoxy) is 1. The van der Waals surface area contributed by atoms with Crippen LogP contribution in [-0.2, 0) is 9.53 Å². The number of ketones is 1. The second-order valence-electron chi connectivity index (χ2n) is 8.37. The lowest BCUT2D eigenvalue weighted by atomic mass is 9.69. The fraction of sp³-hybridized carbons (Fsp3) is 0.778. The van der Waals surface area contributed by atoms with Crippen LogP contribution >= 0.6 is 0 Å². The molecule has 1 aliphatic carbocycles. The molecule has 0 aromatic carbocycles. The average molecular weight is 412 g/mol. The number of allylic oxidation sites excluding steroid dienone is 1. The van der Waals surface area contributed by atoms with Gasteiger partial charge in [-0.25, -0.2) is 4.99 Å². The average Bonchev–Trinajstić information content (AvgIpc) is 2.99. The summed E-state index contributed by atoms with van der Waals surface area (Å²) in [6, 6.07) is 0. The predicted octanol–water partition coefficient (Wildman–Crippen LogP) is 4.41. The Morgan fingerprint density at radius 2 is 1.75 bits per heavy atom. The fourth-order valence-corrected chi connectivity index (χ4v) is 4.29. The summed E-state index contributed by atoms with van der Waals surface area (Å²) < 4.78 is 88.8. The first-order valence-electron chi connectivity index (χ1n) is 9.05. The molecule has 0 spiro atoms. The number of nitrogens with zero attached hydrogens (tertiary/aromatic N) is 2. The summed E-state index contributed by atoms with van der Waals surface area (Å²) in [7, 11) is 0. The van der Waals surface area contributed by atoms with Gasteiger partial charge in [0.05, 0.1) is 18.2 Å². The van der Waals surface area contributed by atoms with Gasteiger partial charge in [-0.3, -0.25) is 4.79 Å². The van der Waals surface area contributed by atoms with Gasteiger partial charge in [-0.1, -0.05) is 13.8 Å². The summed E-state index contributed by atoms with van der Waals surface area (Å²) in [6.45, 7) is 4.99. The Hall–Kier alpha value is -1.58. The van der Waals surface area contributed by atoms with E-state index < -0.39 is 46.9 Å². The Bertz CT molecular complexity index is 715. The second kappa shape index (κ2) is 6.47. The third kappa shape index (κ3) is 3.23. The smallest absolute Gasteiger partial charge is 0.376 e. The SMILES string of the molecule is CC1=NC(C(F)(F)F)(C(F)(F)F)C2=C(CC(C)(C)CC2=O)N1C[C@H]1CCCO1. The monoisotopic (exact) mass is 412 g/mol. The lowest BCUT2D eigenvalue weighted by molar-refractivity contribution is -0.283. The van der Waals surface area contributed by atoms with Crippen molar-refractivity contribution in [1.82, 2.24) is 4.90 Å². The van der Waals surface area contributed by atoms with Gasteiger partial charge in [0.2, 0.25) is 0 Å². The molecule has 0 radical (unpaired) electrons. The number of amidine groups is 1. The first kappa shape index (κ1) is 21.1. The van der Waals surface area contributed by atoms with Crippen molar-refractivity contribution in [3.05, 3.63) is 11.3 Å². The van der Waals surface area contributed by atoms with Crippen molar-refractivity contribution in [1.29, 1.82) is 0 Å². The number of alkyl halides is 6. The summed E-state index contributed by atoms with van der Waals surface area (Å²) in [6.07, 6.45) is -11.0. The number of rotatable bonds is 2. The molecule has 0 unspecified atom stereocenters. The van der Waals surface area contributed by atoms with Crippen LogP contribution in [0.25, 0.3) is 0 Å². The first-order chi connectivity index (χ1) is 12.7. The van der Waals surface area contributed by atoms with Crippen LogP contribution < -0.4 is 0 Å². The van der Waals surface area contributed by atoms with Crippen molar-refractivity contribution in [2.75, 3.05) is 13.2 Å². The van der Waals surface area contributed by atoms with Crippen LogP contribution in [0.1, 0.15) is 46.5 Å². The highest BCUT2D eigenvalue weighted by molar-refractivity contribution is 6.03. The normalized spacial score (nSPS) is 27.8. The van der Waals surface area contributed by atoms with E-state index in [4.69, 9.17) is 4.74 Å². The molecular weight excluding hydrogens is 390 g/mol. The van der Waals surface area contributed by atoms with E-state index in [-0.39, 0.29) is 24.8 Å². The first-order valence-corrected chi connectivity index (χ1v) is 9.05. The molecule has 1 saturated heterocycles. The van der Waals surface area contributed by atoms with Gasteiger partial charge in [0.15, 0.2) is 5.78 Å². The molecule has 0 saturated carbocycles. The van der Waals surface area contributed by atoms with E-state index in [9.17, 15) is 31.1 Å². The van der Waals surface area contributed by atoms with Crippen molar-refractivity contribution in [3.63, 3.8) is 0 Å². The summed E-state index contributed by atoms with van der Waals surface area (Å²) >= 11 is 0. The molecule has 2 heterocycles. The molecule has 1 fully saturated rings. The van der Waals surface area contributed by atoms with Gasteiger partial charge < -0.3 is 9.64 Å². The molecule has 0 aromatic rings. The Balaban J connectivity index is 2.23. The lowest BCUT2D eigenvalue weighted by Crippen LogP contribution is -2.63. The number of carbonyl (C=O) groups excluding carboxylic acids is 1. The standard InChI is InChI=1S/C18H22F6N2O2/c1-10-25-16(17(19,20)21,18(22,23)24)14-12(7-15(2,3)8-13(14)27)26(10)9-11-5-4-6-28-11/h11H,4-9H2,1-3H3/t11-/m1/s1. The van der Waals surface area contributed by atoms with Crippen LogP contribution in [0.4, 0.5) is 26.3 Å². The molecule has 158 valence electrons. The summed E-state index contributed by atoms with van der Waals surface area (Å²) in [5, 5.41) is 0. The Morgan fingerprint density at radius 3 is 2.25 bits per heavy atom. The number of halogens is 6. The van der Waals surface area contributed by atoms with E-state index in [1.165, 1.54) is 4.90 Å². The second-order valence-corrected chi connectivity index (χ2v) is 8.37. The van der Waals surface area contributed by atoms with Crippen molar-refractivity contribution < 1.29 is 35.9 Å². The van der Waals surface area contributed by atoms with Crippen LogP contribution in [0.5, 0.6) is 0 Å². The van der Waals surface area contributed by atoms with Gasteiger partial charge in [-0.05, 0) is 31.6 Å². The van der Waals surface area contributed by atoms with Gasteiger partial charge in [0.25, 0.3) is 5.54 Å². The summed E-state index contributed by atoms with van der Waals surface area (Å²) in [5.74, 6) is -1.57. The van der Waals surface area contributed by atoms with Crippen LogP contribution in [0.2, 0.25) is 0 Å². The topological polar surface area (TPSA) is 41.9 Å². The minimum absolute atomic E-state index is 0.0727. The van der Waals surface area contributed by atoms with Gasteiger partial charge in [-0.15, -0.1) is 0 Å². The highest BCUT2D eigenvalue weighted by Gasteiger charge is 2.76. The van der Waals surface area contributed by atoms with E-state index in [0.717, 1.165) is 13.3 Å². The summed E-state index contributed by atoms with van der Waals surface area (Å²) in [5.41, 5.74) is -6.81. The highest BCUT2D eigenvalue weighted by atomic mass is 19.4. The maximum atomic E-state index is 13.9. The van der Waals surface area contributed by atoms with Gasteiger partial charge >= 0.3 is 12.4 Å². The van der Waals surface area contributed by atoms with Crippen LogP contribution in [0.15, 0.2) is 16.3 Å². The highest BCUT2D eigenvalue weighted by Crippen LogP contribution is 2.56. The molecule has 10 heteroatoms. The predicted molar refractivity (Wildman–Crippen MR) is 88.7 cm³/mol. The molecule has 0 amide bonds. The number of Topliss-reactive ketones (excluding diaryl/α,β-unsaturated/α-hetero) is 1. The molecule has 2 aliphatic heterocycles. The fourth-order valence-electron chi connectivity index (χ4n) is 4.29. The van der Waals surface area contributed by atoms with Crippen molar-refractivity contribution >= 4 is 11.6 Å². The molecule has 1 atom stereocenters. The third-order valence-electron chi connectivity index (χ3n) is 5.49. The molecule has 3 rings (SSSR count). The number of aliphatic imine (C=N–C) groups is 1. The number of carbonyl (C=O) groups is 1. The van der Waals surface area contributed by atoms with Gasteiger partial charge in [0.1, 0.15) is 5.84 Å². The maximum absolute atomic E-state index is 13.9. The van der Waals surface area contributed by atoms with E-state index >= 15 is 0 Å². The zero-order valence-electron chi connectivity index (χ0n) is 15.8. The minimum Gasteiger partial charge on any atom is -0.376 e. The van der Waals surface area contributed by atoms with Crippen LogP contribution in [0, 0.1) is 5.41 Å². The number of hydrogen-bond acceptors (Lipinski definition) is 4. The van der Waals surface area contributed by atoms with E-state index in [1.54, 1.807) is 13.8 Å². The molecule has 0 aromatic heterocycles. The molecule has 28 heavy (non-hydrogen) atoms. The third-order valence-corrected chi connectivity index (χ3v) is 5.49. The van der Waals surface area contributed by atoms with Crippen molar-refractivity contribution in [2.45, 2.75) is 70.4 Å².